The Hall–Kier alpha value is -3.89. The summed E-state index contributed by atoms with van der Waals surface area (Å²) >= 11 is 0. The van der Waals surface area contributed by atoms with Gasteiger partial charge in [0.2, 0.25) is 5.91 Å². The minimum Gasteiger partial charge on any atom is -0.471 e. The van der Waals surface area contributed by atoms with Gasteiger partial charge in [0, 0.05) is 17.3 Å². The Kier molecular flexibility index (Phi) is 6.27. The second-order valence-electron chi connectivity index (χ2n) is 7.92. The number of benzene rings is 1. The van der Waals surface area contributed by atoms with E-state index in [1.807, 2.05) is 0 Å². The number of aryl methyl sites for hydroxylation is 3. The first-order valence-corrected chi connectivity index (χ1v) is 10.5. The summed E-state index contributed by atoms with van der Waals surface area (Å²) in [6.45, 7) is 6.52. The van der Waals surface area contributed by atoms with Gasteiger partial charge in [0.1, 0.15) is 18.1 Å². The van der Waals surface area contributed by atoms with Crippen molar-refractivity contribution in [3.63, 3.8) is 0 Å². The van der Waals surface area contributed by atoms with Gasteiger partial charge < -0.3 is 10.1 Å². The number of pyridine rings is 1. The van der Waals surface area contributed by atoms with Crippen LogP contribution in [-0.4, -0.2) is 30.5 Å². The van der Waals surface area contributed by atoms with E-state index in [9.17, 15) is 18.0 Å². The summed E-state index contributed by atoms with van der Waals surface area (Å²) in [5.41, 5.74) is 2.56. The van der Waals surface area contributed by atoms with E-state index < -0.39 is 18.1 Å². The number of fused-ring (bicyclic) bond motifs is 1. The summed E-state index contributed by atoms with van der Waals surface area (Å²) in [6, 6.07) is 7.08. The molecule has 0 fully saturated rings. The Morgan fingerprint density at radius 1 is 1.09 bits per heavy atom. The van der Waals surface area contributed by atoms with Crippen molar-refractivity contribution in [2.24, 2.45) is 0 Å². The standard InChI is InChI=1S/C23H23F3N6O2/c1-12-8-18(22(25)26)20-13(2)29-31(23(20)27-12)10-19(33)28-21-14(3)30-32(15(21)4)11-34-17-7-5-6-16(24)9-17/h5-9,22H,10-11H2,1-4H3,(H,28,33). The van der Waals surface area contributed by atoms with Gasteiger partial charge in [-0.2, -0.15) is 10.2 Å². The highest BCUT2D eigenvalue weighted by Crippen LogP contribution is 2.30. The van der Waals surface area contributed by atoms with Crippen molar-refractivity contribution in [1.29, 1.82) is 0 Å². The molecule has 3 heterocycles. The maximum Gasteiger partial charge on any atom is 0.264 e. The molecule has 1 aromatic carbocycles. The number of aromatic nitrogens is 5. The number of amides is 1. The molecule has 4 rings (SSSR count). The Balaban J connectivity index is 1.52. The Morgan fingerprint density at radius 3 is 2.53 bits per heavy atom. The van der Waals surface area contributed by atoms with Crippen molar-refractivity contribution in [2.45, 2.75) is 47.4 Å². The number of hydrogen-bond acceptors (Lipinski definition) is 5. The zero-order chi connectivity index (χ0) is 24.6. The van der Waals surface area contributed by atoms with Crippen molar-refractivity contribution in [3.8, 4) is 5.75 Å². The number of hydrogen-bond donors (Lipinski definition) is 1. The molecule has 0 saturated heterocycles. The van der Waals surface area contributed by atoms with Gasteiger partial charge in [-0.05, 0) is 45.9 Å². The SMILES string of the molecule is Cc1cc(C(F)F)c2c(C)nn(CC(=O)Nc3c(C)nn(COc4cccc(F)c4)c3C)c2n1. The molecule has 0 aliphatic heterocycles. The molecule has 1 N–H and O–H groups in total. The number of alkyl halides is 2. The number of carbonyl (C=O) groups is 1. The lowest BCUT2D eigenvalue weighted by Crippen LogP contribution is -2.20. The predicted molar refractivity (Wildman–Crippen MR) is 119 cm³/mol. The summed E-state index contributed by atoms with van der Waals surface area (Å²) in [5.74, 6) is -0.473. The fourth-order valence-corrected chi connectivity index (χ4v) is 3.81. The minimum atomic E-state index is -2.68. The first-order valence-electron chi connectivity index (χ1n) is 10.5. The van der Waals surface area contributed by atoms with Gasteiger partial charge >= 0.3 is 0 Å². The highest BCUT2D eigenvalue weighted by atomic mass is 19.3. The molecule has 0 atom stereocenters. The van der Waals surface area contributed by atoms with E-state index in [4.69, 9.17) is 4.74 Å². The van der Waals surface area contributed by atoms with E-state index in [1.54, 1.807) is 44.5 Å². The maximum absolute atomic E-state index is 13.5. The molecule has 0 saturated carbocycles. The Labute approximate surface area is 193 Å². The third kappa shape index (κ3) is 4.59. The maximum atomic E-state index is 13.5. The van der Waals surface area contributed by atoms with Gasteiger partial charge in [-0.1, -0.05) is 6.07 Å². The van der Waals surface area contributed by atoms with Crippen molar-refractivity contribution < 1.29 is 22.7 Å². The van der Waals surface area contributed by atoms with Gasteiger partial charge in [-0.15, -0.1) is 0 Å². The predicted octanol–water partition coefficient (Wildman–Crippen LogP) is 4.61. The summed E-state index contributed by atoms with van der Waals surface area (Å²) in [7, 11) is 0. The second kappa shape index (κ2) is 9.16. The number of nitrogens with zero attached hydrogens (tertiary/aromatic N) is 5. The topological polar surface area (TPSA) is 86.9 Å². The number of rotatable bonds is 7. The summed E-state index contributed by atoms with van der Waals surface area (Å²) < 4.78 is 48.8. The van der Waals surface area contributed by atoms with Crippen LogP contribution in [0.25, 0.3) is 11.0 Å². The van der Waals surface area contributed by atoms with Gasteiger partial charge in [-0.25, -0.2) is 27.5 Å². The first-order chi connectivity index (χ1) is 16.1. The first kappa shape index (κ1) is 23.3. The second-order valence-corrected chi connectivity index (χ2v) is 7.92. The van der Waals surface area contributed by atoms with Crippen LogP contribution in [0.15, 0.2) is 30.3 Å². The molecule has 0 unspecified atom stereocenters. The van der Waals surface area contributed by atoms with E-state index >= 15 is 0 Å². The zero-order valence-corrected chi connectivity index (χ0v) is 19.1. The molecule has 0 bridgehead atoms. The van der Waals surface area contributed by atoms with E-state index in [2.05, 4.69) is 20.5 Å². The minimum absolute atomic E-state index is 0.0224. The highest BCUT2D eigenvalue weighted by Gasteiger charge is 2.21. The monoisotopic (exact) mass is 472 g/mol. The van der Waals surface area contributed by atoms with Gasteiger partial charge in [-0.3, -0.25) is 4.79 Å². The molecule has 11 heteroatoms. The highest BCUT2D eigenvalue weighted by molar-refractivity contribution is 5.93. The lowest BCUT2D eigenvalue weighted by atomic mass is 10.1. The van der Waals surface area contributed by atoms with Crippen LogP contribution in [-0.2, 0) is 18.1 Å². The van der Waals surface area contributed by atoms with Crippen LogP contribution < -0.4 is 10.1 Å². The van der Waals surface area contributed by atoms with Crippen LogP contribution in [0.5, 0.6) is 5.75 Å². The van der Waals surface area contributed by atoms with Crippen molar-refractivity contribution in [3.05, 3.63) is 64.5 Å². The molecule has 178 valence electrons. The molecule has 8 nitrogen and oxygen atoms in total. The summed E-state index contributed by atoms with van der Waals surface area (Å²) in [4.78, 5) is 17.1. The summed E-state index contributed by atoms with van der Waals surface area (Å²) in [5, 5.41) is 11.7. The van der Waals surface area contributed by atoms with E-state index in [0.717, 1.165) is 0 Å². The Bertz CT molecular complexity index is 1380. The quantitative estimate of drug-likeness (QED) is 0.424. The van der Waals surface area contributed by atoms with Crippen LogP contribution >= 0.6 is 0 Å². The third-order valence-electron chi connectivity index (χ3n) is 5.36. The number of halogens is 3. The normalized spacial score (nSPS) is 11.4. The molecule has 0 aliphatic rings. The zero-order valence-electron chi connectivity index (χ0n) is 19.1. The average molecular weight is 472 g/mol. The van der Waals surface area contributed by atoms with Gasteiger partial charge in [0.25, 0.3) is 6.43 Å². The number of ether oxygens (including phenoxy) is 1. The molecule has 1 amide bonds. The molecule has 0 radical (unpaired) electrons. The molecule has 4 aromatic rings. The largest absolute Gasteiger partial charge is 0.471 e. The molecule has 3 aromatic heterocycles. The molecular weight excluding hydrogens is 449 g/mol. The molecular formula is C23H23F3N6O2. The van der Waals surface area contributed by atoms with Crippen LogP contribution in [0, 0.1) is 33.5 Å². The fourth-order valence-electron chi connectivity index (χ4n) is 3.81. The summed E-state index contributed by atoms with van der Waals surface area (Å²) in [6.07, 6.45) is -2.68. The molecule has 34 heavy (non-hydrogen) atoms. The molecule has 0 spiro atoms. The van der Waals surface area contributed by atoms with Gasteiger partial charge in [0.05, 0.1) is 28.2 Å². The van der Waals surface area contributed by atoms with Crippen LogP contribution in [0.2, 0.25) is 0 Å². The van der Waals surface area contributed by atoms with Crippen molar-refractivity contribution in [1.82, 2.24) is 24.5 Å². The fraction of sp³-hybridized carbons (Fsp3) is 0.304. The number of nitrogens with one attached hydrogen (secondary N) is 1. The lowest BCUT2D eigenvalue weighted by Gasteiger charge is -2.09. The van der Waals surface area contributed by atoms with E-state index in [0.29, 0.717) is 34.2 Å². The van der Waals surface area contributed by atoms with Crippen LogP contribution in [0.3, 0.4) is 0 Å². The van der Waals surface area contributed by atoms with Crippen LogP contribution in [0.4, 0.5) is 18.9 Å². The Morgan fingerprint density at radius 2 is 1.82 bits per heavy atom. The van der Waals surface area contributed by atoms with Crippen LogP contribution in [0.1, 0.15) is 34.8 Å². The average Bonchev–Trinajstić information content (AvgIpc) is 3.22. The van der Waals surface area contributed by atoms with Gasteiger partial charge in [0.15, 0.2) is 12.4 Å². The smallest absolute Gasteiger partial charge is 0.264 e. The number of carbonyl (C=O) groups excluding carboxylic acids is 1. The lowest BCUT2D eigenvalue weighted by molar-refractivity contribution is -0.116. The van der Waals surface area contributed by atoms with Crippen molar-refractivity contribution in [2.75, 3.05) is 5.32 Å². The molecule has 0 aliphatic carbocycles. The van der Waals surface area contributed by atoms with E-state index in [-0.39, 0.29) is 29.9 Å². The van der Waals surface area contributed by atoms with Crippen molar-refractivity contribution >= 4 is 22.6 Å². The number of anilines is 1. The van der Waals surface area contributed by atoms with E-state index in [1.165, 1.54) is 22.9 Å². The third-order valence-corrected chi connectivity index (χ3v) is 5.36.